The largest absolute Gasteiger partial charge is 0.444 e. The van der Waals surface area contributed by atoms with E-state index < -0.39 is 0 Å². The van der Waals surface area contributed by atoms with Crippen molar-refractivity contribution >= 4 is 11.8 Å². The highest BCUT2D eigenvalue weighted by Gasteiger charge is 2.09. The number of aryl methyl sites for hydroxylation is 1. The second kappa shape index (κ2) is 7.94. The van der Waals surface area contributed by atoms with E-state index in [1.165, 1.54) is 0 Å². The predicted octanol–water partition coefficient (Wildman–Crippen LogP) is 3.26. The van der Waals surface area contributed by atoms with Crippen LogP contribution in [0.2, 0.25) is 0 Å². The van der Waals surface area contributed by atoms with Crippen LogP contribution in [0.1, 0.15) is 12.1 Å². The summed E-state index contributed by atoms with van der Waals surface area (Å²) in [6.07, 6.45) is 4.38. The van der Waals surface area contributed by atoms with E-state index in [-0.39, 0.29) is 0 Å². The number of benzene rings is 1. The molecule has 0 saturated heterocycles. The smallest absolute Gasteiger partial charge is 0.226 e. The van der Waals surface area contributed by atoms with Gasteiger partial charge in [0.05, 0.1) is 5.69 Å². The lowest BCUT2D eigenvalue weighted by Gasteiger charge is -2.04. The van der Waals surface area contributed by atoms with Gasteiger partial charge in [0.1, 0.15) is 12.6 Å². The van der Waals surface area contributed by atoms with Crippen LogP contribution in [0.15, 0.2) is 52.5 Å². The van der Waals surface area contributed by atoms with Crippen LogP contribution in [-0.4, -0.2) is 33.5 Å². The molecule has 0 aliphatic carbocycles. The summed E-state index contributed by atoms with van der Waals surface area (Å²) in [5, 5.41) is 9.01. The molecule has 0 fully saturated rings. The Morgan fingerprint density at radius 3 is 2.96 bits per heavy atom. The average molecular weight is 330 g/mol. The molecule has 0 bridgehead atoms. The maximum Gasteiger partial charge on any atom is 0.226 e. The summed E-state index contributed by atoms with van der Waals surface area (Å²) in [6.45, 7) is 1.57. The van der Waals surface area contributed by atoms with Crippen LogP contribution in [0.4, 0.5) is 0 Å². The van der Waals surface area contributed by atoms with Crippen molar-refractivity contribution in [2.24, 2.45) is 0 Å². The Morgan fingerprint density at radius 1 is 1.26 bits per heavy atom. The SMILES string of the molecule is COCCCn1cnnc1SCc1coc(-c2ccccc2)n1. The summed E-state index contributed by atoms with van der Waals surface area (Å²) in [7, 11) is 1.71. The number of rotatable bonds is 8. The number of thioether (sulfide) groups is 1. The maximum absolute atomic E-state index is 5.55. The van der Waals surface area contributed by atoms with Crippen molar-refractivity contribution in [3.05, 3.63) is 48.6 Å². The lowest BCUT2D eigenvalue weighted by atomic mass is 10.2. The van der Waals surface area contributed by atoms with Gasteiger partial charge in [0.15, 0.2) is 5.16 Å². The lowest BCUT2D eigenvalue weighted by molar-refractivity contribution is 0.189. The van der Waals surface area contributed by atoms with Crippen molar-refractivity contribution in [3.8, 4) is 11.5 Å². The van der Waals surface area contributed by atoms with Gasteiger partial charge in [-0.1, -0.05) is 30.0 Å². The van der Waals surface area contributed by atoms with Crippen molar-refractivity contribution in [2.45, 2.75) is 23.9 Å². The van der Waals surface area contributed by atoms with E-state index in [4.69, 9.17) is 9.15 Å². The number of methoxy groups -OCH3 is 1. The third kappa shape index (κ3) is 4.20. The van der Waals surface area contributed by atoms with Crippen LogP contribution in [0.5, 0.6) is 0 Å². The molecule has 2 heterocycles. The van der Waals surface area contributed by atoms with E-state index >= 15 is 0 Å². The molecule has 0 radical (unpaired) electrons. The van der Waals surface area contributed by atoms with E-state index in [0.29, 0.717) is 11.6 Å². The van der Waals surface area contributed by atoms with Crippen molar-refractivity contribution in [1.29, 1.82) is 0 Å². The Morgan fingerprint density at radius 2 is 2.13 bits per heavy atom. The third-order valence-electron chi connectivity index (χ3n) is 3.25. The van der Waals surface area contributed by atoms with Gasteiger partial charge in [0.2, 0.25) is 5.89 Å². The first-order valence-electron chi connectivity index (χ1n) is 7.36. The van der Waals surface area contributed by atoms with Crippen molar-refractivity contribution < 1.29 is 9.15 Å². The lowest BCUT2D eigenvalue weighted by Crippen LogP contribution is -2.02. The monoisotopic (exact) mass is 330 g/mol. The fourth-order valence-corrected chi connectivity index (χ4v) is 2.93. The number of ether oxygens (including phenoxy) is 1. The van der Waals surface area contributed by atoms with Crippen LogP contribution < -0.4 is 0 Å². The molecule has 1 aromatic carbocycles. The molecule has 7 heteroatoms. The van der Waals surface area contributed by atoms with Crippen LogP contribution in [0.25, 0.3) is 11.5 Å². The molecule has 0 aliphatic heterocycles. The first kappa shape index (κ1) is 15.8. The number of oxazole rings is 1. The maximum atomic E-state index is 5.55. The van der Waals surface area contributed by atoms with Crippen molar-refractivity contribution in [2.75, 3.05) is 13.7 Å². The molecule has 0 N–H and O–H groups in total. The van der Waals surface area contributed by atoms with Gasteiger partial charge >= 0.3 is 0 Å². The molecule has 6 nitrogen and oxygen atoms in total. The molecule has 0 atom stereocenters. The Balaban J connectivity index is 1.59. The Bertz CT molecular complexity index is 727. The van der Waals surface area contributed by atoms with Crippen LogP contribution in [0, 0.1) is 0 Å². The Kier molecular flexibility index (Phi) is 5.44. The molecule has 120 valence electrons. The highest BCUT2D eigenvalue weighted by Crippen LogP contribution is 2.23. The first-order valence-corrected chi connectivity index (χ1v) is 8.35. The molecule has 0 amide bonds. The second-order valence-electron chi connectivity index (χ2n) is 4.95. The third-order valence-corrected chi connectivity index (χ3v) is 4.26. The van der Waals surface area contributed by atoms with E-state index in [0.717, 1.165) is 36.0 Å². The molecule has 3 rings (SSSR count). The van der Waals surface area contributed by atoms with Gasteiger partial charge in [-0.2, -0.15) is 0 Å². The molecule has 0 spiro atoms. The number of aromatic nitrogens is 4. The topological polar surface area (TPSA) is 66.0 Å². The van der Waals surface area contributed by atoms with E-state index in [1.807, 2.05) is 34.9 Å². The van der Waals surface area contributed by atoms with Gasteiger partial charge in [-0.15, -0.1) is 10.2 Å². The van der Waals surface area contributed by atoms with Crippen molar-refractivity contribution in [1.82, 2.24) is 19.7 Å². The molecule has 23 heavy (non-hydrogen) atoms. The average Bonchev–Trinajstić information content (AvgIpc) is 3.23. The van der Waals surface area contributed by atoms with Crippen molar-refractivity contribution in [3.63, 3.8) is 0 Å². The predicted molar refractivity (Wildman–Crippen MR) is 88.0 cm³/mol. The minimum Gasteiger partial charge on any atom is -0.444 e. The number of hydrogen-bond acceptors (Lipinski definition) is 6. The zero-order chi connectivity index (χ0) is 15.9. The summed E-state index contributed by atoms with van der Waals surface area (Å²) in [5.41, 5.74) is 1.87. The van der Waals surface area contributed by atoms with Gasteiger partial charge < -0.3 is 13.7 Å². The summed E-state index contributed by atoms with van der Waals surface area (Å²) in [4.78, 5) is 4.52. The molecule has 2 aromatic heterocycles. The van der Waals surface area contributed by atoms with Gasteiger partial charge in [-0.05, 0) is 18.6 Å². The van der Waals surface area contributed by atoms with Crippen LogP contribution in [0.3, 0.4) is 0 Å². The molecular weight excluding hydrogens is 312 g/mol. The van der Waals surface area contributed by atoms with Crippen LogP contribution >= 0.6 is 11.8 Å². The normalized spacial score (nSPS) is 11.0. The summed E-state index contributed by atoms with van der Waals surface area (Å²) in [6, 6.07) is 9.87. The summed E-state index contributed by atoms with van der Waals surface area (Å²) in [5.74, 6) is 1.34. The van der Waals surface area contributed by atoms with E-state index in [1.54, 1.807) is 31.5 Å². The number of nitrogens with zero attached hydrogens (tertiary/aromatic N) is 4. The molecule has 0 aliphatic rings. The highest BCUT2D eigenvalue weighted by atomic mass is 32.2. The Hall–Kier alpha value is -2.12. The Labute approximate surface area is 138 Å². The molecule has 0 saturated carbocycles. The second-order valence-corrected chi connectivity index (χ2v) is 5.89. The quantitative estimate of drug-likeness (QED) is 0.466. The summed E-state index contributed by atoms with van der Waals surface area (Å²) < 4.78 is 12.6. The standard InChI is InChI=1S/C16H18N4O2S/c1-21-9-5-8-20-12-17-19-16(20)23-11-14-10-22-15(18-14)13-6-3-2-4-7-13/h2-4,6-7,10,12H,5,8-9,11H2,1H3. The van der Waals surface area contributed by atoms with E-state index in [9.17, 15) is 0 Å². The van der Waals surface area contributed by atoms with Gasteiger partial charge in [0.25, 0.3) is 0 Å². The van der Waals surface area contributed by atoms with Crippen LogP contribution in [-0.2, 0) is 17.0 Å². The molecule has 0 unspecified atom stereocenters. The minimum atomic E-state index is 0.641. The fourth-order valence-electron chi connectivity index (χ4n) is 2.11. The molecule has 3 aromatic rings. The highest BCUT2D eigenvalue weighted by molar-refractivity contribution is 7.98. The fraction of sp³-hybridized carbons (Fsp3) is 0.312. The van der Waals surface area contributed by atoms with Gasteiger partial charge in [-0.25, -0.2) is 4.98 Å². The molecular formula is C16H18N4O2S. The summed E-state index contributed by atoms with van der Waals surface area (Å²) >= 11 is 1.60. The minimum absolute atomic E-state index is 0.641. The number of hydrogen-bond donors (Lipinski definition) is 0. The zero-order valence-corrected chi connectivity index (χ0v) is 13.7. The zero-order valence-electron chi connectivity index (χ0n) is 12.9. The first-order chi connectivity index (χ1) is 11.4. The van der Waals surface area contributed by atoms with Gasteiger partial charge in [-0.3, -0.25) is 0 Å². The van der Waals surface area contributed by atoms with E-state index in [2.05, 4.69) is 15.2 Å². The van der Waals surface area contributed by atoms with Gasteiger partial charge in [0, 0.05) is 31.6 Å².